The van der Waals surface area contributed by atoms with Gasteiger partial charge in [0, 0.05) is 38.6 Å². The van der Waals surface area contributed by atoms with Gasteiger partial charge in [-0.15, -0.1) is 0 Å². The van der Waals surface area contributed by atoms with E-state index < -0.39 is 0 Å². The molecule has 28 heavy (non-hydrogen) atoms. The van der Waals surface area contributed by atoms with Gasteiger partial charge < -0.3 is 18.9 Å². The number of rotatable bonds is 5. The van der Waals surface area contributed by atoms with Crippen LogP contribution < -0.4 is 4.74 Å². The Kier molecular flexibility index (Phi) is 5.30. The van der Waals surface area contributed by atoms with Crippen LogP contribution in [0.3, 0.4) is 0 Å². The molecule has 0 bridgehead atoms. The van der Waals surface area contributed by atoms with Crippen LogP contribution in [0, 0.1) is 6.92 Å². The van der Waals surface area contributed by atoms with E-state index in [4.69, 9.17) is 4.74 Å². The number of likely N-dealkylation sites (N-methyl/N-ethyl adjacent to an activating group) is 1. The first-order chi connectivity index (χ1) is 13.7. The summed E-state index contributed by atoms with van der Waals surface area (Å²) >= 11 is 0. The largest absolute Gasteiger partial charge is 0.486 e. The number of para-hydroxylation sites is 1. The van der Waals surface area contributed by atoms with Crippen molar-refractivity contribution in [2.45, 2.75) is 20.5 Å². The molecule has 0 N–H and O–H groups in total. The number of nitrogens with zero attached hydrogens (tertiary/aromatic N) is 4. The number of hydrogen-bond donors (Lipinski definition) is 0. The van der Waals surface area contributed by atoms with Crippen LogP contribution in [0.4, 0.5) is 0 Å². The Balaban J connectivity index is 1.48. The summed E-state index contributed by atoms with van der Waals surface area (Å²) in [5.41, 5.74) is 3.51. The lowest BCUT2D eigenvalue weighted by atomic mass is 10.1. The van der Waals surface area contributed by atoms with E-state index in [9.17, 15) is 4.79 Å². The Morgan fingerprint density at radius 2 is 1.89 bits per heavy atom. The molecule has 0 saturated carbocycles. The third-order valence-electron chi connectivity index (χ3n) is 5.33. The number of piperazine rings is 1. The molecule has 0 atom stereocenters. The molecule has 3 heterocycles. The Morgan fingerprint density at radius 1 is 1.11 bits per heavy atom. The zero-order chi connectivity index (χ0) is 19.5. The molecule has 1 saturated heterocycles. The van der Waals surface area contributed by atoms with Crippen molar-refractivity contribution in [3.8, 4) is 5.75 Å². The van der Waals surface area contributed by atoms with Gasteiger partial charge in [-0.1, -0.05) is 25.1 Å². The van der Waals surface area contributed by atoms with Crippen LogP contribution in [-0.2, 0) is 6.61 Å². The van der Waals surface area contributed by atoms with Gasteiger partial charge in [0.05, 0.1) is 11.3 Å². The van der Waals surface area contributed by atoms with Gasteiger partial charge in [-0.2, -0.15) is 0 Å². The van der Waals surface area contributed by atoms with Gasteiger partial charge in [-0.05, 0) is 37.2 Å². The maximum Gasteiger partial charge on any atom is 0.257 e. The van der Waals surface area contributed by atoms with E-state index >= 15 is 0 Å². The van der Waals surface area contributed by atoms with Crippen LogP contribution in [-0.4, -0.2) is 57.8 Å². The highest BCUT2D eigenvalue weighted by molar-refractivity contribution is 5.97. The minimum absolute atomic E-state index is 0.0391. The van der Waals surface area contributed by atoms with Crippen LogP contribution in [0.15, 0.2) is 48.8 Å². The monoisotopic (exact) mass is 378 g/mol. The van der Waals surface area contributed by atoms with Crippen molar-refractivity contribution >= 4 is 11.6 Å². The first-order valence-corrected chi connectivity index (χ1v) is 9.82. The molecule has 1 aliphatic rings. The number of amides is 1. The summed E-state index contributed by atoms with van der Waals surface area (Å²) in [7, 11) is 0. The first-order valence-electron chi connectivity index (χ1n) is 9.82. The standard InChI is InChI=1S/C22H26N4O2/c1-3-24-11-13-25(14-12-24)22(27)19-8-4-5-9-20(19)28-16-18-15-26-10-6-7-17(2)21(26)23-18/h4-10,15H,3,11-14,16H2,1-2H3. The summed E-state index contributed by atoms with van der Waals surface area (Å²) in [6.45, 7) is 8.91. The van der Waals surface area contributed by atoms with Gasteiger partial charge in [0.2, 0.25) is 0 Å². The number of carbonyl (C=O) groups is 1. The molecule has 2 aromatic heterocycles. The zero-order valence-electron chi connectivity index (χ0n) is 16.5. The number of ether oxygens (including phenoxy) is 1. The fraction of sp³-hybridized carbons (Fsp3) is 0.364. The molecule has 1 aromatic carbocycles. The number of imidazole rings is 1. The number of hydrogen-bond acceptors (Lipinski definition) is 4. The fourth-order valence-corrected chi connectivity index (χ4v) is 3.63. The minimum atomic E-state index is 0.0391. The summed E-state index contributed by atoms with van der Waals surface area (Å²) in [4.78, 5) is 21.9. The zero-order valence-corrected chi connectivity index (χ0v) is 16.5. The lowest BCUT2D eigenvalue weighted by Gasteiger charge is -2.34. The lowest BCUT2D eigenvalue weighted by molar-refractivity contribution is 0.0638. The van der Waals surface area contributed by atoms with Crippen molar-refractivity contribution < 1.29 is 9.53 Å². The van der Waals surface area contributed by atoms with Gasteiger partial charge >= 0.3 is 0 Å². The van der Waals surface area contributed by atoms with Gasteiger partial charge in [0.1, 0.15) is 18.0 Å². The lowest BCUT2D eigenvalue weighted by Crippen LogP contribution is -2.48. The van der Waals surface area contributed by atoms with E-state index in [-0.39, 0.29) is 5.91 Å². The molecule has 146 valence electrons. The van der Waals surface area contributed by atoms with E-state index in [2.05, 4.69) is 16.8 Å². The summed E-state index contributed by atoms with van der Waals surface area (Å²) < 4.78 is 8.01. The first kappa shape index (κ1) is 18.5. The normalized spacial score (nSPS) is 15.1. The van der Waals surface area contributed by atoms with E-state index in [0.717, 1.165) is 49.6 Å². The SMILES string of the molecule is CCN1CCN(C(=O)c2ccccc2OCc2cn3cccc(C)c3n2)CC1. The molecule has 1 amide bonds. The van der Waals surface area contributed by atoms with Crippen molar-refractivity contribution in [2.24, 2.45) is 0 Å². The summed E-state index contributed by atoms with van der Waals surface area (Å²) in [5.74, 6) is 0.649. The van der Waals surface area contributed by atoms with E-state index in [1.165, 1.54) is 0 Å². The number of carbonyl (C=O) groups excluding carboxylic acids is 1. The predicted molar refractivity (Wildman–Crippen MR) is 109 cm³/mol. The fourth-order valence-electron chi connectivity index (χ4n) is 3.63. The number of aromatic nitrogens is 2. The second kappa shape index (κ2) is 8.02. The van der Waals surface area contributed by atoms with Gasteiger partial charge in [-0.3, -0.25) is 4.79 Å². The second-order valence-electron chi connectivity index (χ2n) is 7.17. The Hall–Kier alpha value is -2.86. The van der Waals surface area contributed by atoms with Crippen molar-refractivity contribution in [1.29, 1.82) is 0 Å². The summed E-state index contributed by atoms with van der Waals surface area (Å²) in [6.07, 6.45) is 3.95. The molecule has 1 fully saturated rings. The number of aryl methyl sites for hydroxylation is 1. The van der Waals surface area contributed by atoms with Crippen molar-refractivity contribution in [2.75, 3.05) is 32.7 Å². The number of fused-ring (bicyclic) bond motifs is 1. The summed E-state index contributed by atoms with van der Waals surface area (Å²) in [6, 6.07) is 11.5. The molecule has 6 heteroatoms. The smallest absolute Gasteiger partial charge is 0.257 e. The molecular formula is C22H26N4O2. The van der Waals surface area contributed by atoms with Crippen LogP contribution >= 0.6 is 0 Å². The molecular weight excluding hydrogens is 352 g/mol. The van der Waals surface area contributed by atoms with Crippen LogP contribution in [0.2, 0.25) is 0 Å². The Morgan fingerprint density at radius 3 is 2.64 bits per heavy atom. The van der Waals surface area contributed by atoms with Crippen molar-refractivity contribution in [3.05, 3.63) is 65.6 Å². The molecule has 0 unspecified atom stereocenters. The molecule has 3 aromatic rings. The molecule has 0 aliphatic carbocycles. The van der Waals surface area contributed by atoms with Crippen LogP contribution in [0.5, 0.6) is 5.75 Å². The Labute approximate surface area is 165 Å². The highest BCUT2D eigenvalue weighted by atomic mass is 16.5. The third kappa shape index (κ3) is 3.73. The van der Waals surface area contributed by atoms with Crippen molar-refractivity contribution in [3.63, 3.8) is 0 Å². The van der Waals surface area contributed by atoms with Crippen LogP contribution in [0.1, 0.15) is 28.5 Å². The minimum Gasteiger partial charge on any atom is -0.486 e. The average molecular weight is 378 g/mol. The molecule has 6 nitrogen and oxygen atoms in total. The highest BCUT2D eigenvalue weighted by Crippen LogP contribution is 2.22. The highest BCUT2D eigenvalue weighted by Gasteiger charge is 2.23. The maximum atomic E-state index is 13.0. The molecule has 0 radical (unpaired) electrons. The van der Waals surface area contributed by atoms with E-state index in [0.29, 0.717) is 17.9 Å². The Bertz CT molecular complexity index is 974. The quantitative estimate of drug-likeness (QED) is 0.685. The van der Waals surface area contributed by atoms with Gasteiger partial charge in [0.25, 0.3) is 5.91 Å². The average Bonchev–Trinajstić information content (AvgIpc) is 3.17. The van der Waals surface area contributed by atoms with E-state index in [1.807, 2.05) is 65.0 Å². The maximum absolute atomic E-state index is 13.0. The summed E-state index contributed by atoms with van der Waals surface area (Å²) in [5, 5.41) is 0. The van der Waals surface area contributed by atoms with E-state index in [1.54, 1.807) is 0 Å². The second-order valence-corrected chi connectivity index (χ2v) is 7.17. The predicted octanol–water partition coefficient (Wildman–Crippen LogP) is 3.00. The molecule has 1 aliphatic heterocycles. The van der Waals surface area contributed by atoms with Gasteiger partial charge in [0.15, 0.2) is 0 Å². The van der Waals surface area contributed by atoms with Gasteiger partial charge in [-0.25, -0.2) is 4.98 Å². The molecule has 4 rings (SSSR count). The topological polar surface area (TPSA) is 50.1 Å². The third-order valence-corrected chi connectivity index (χ3v) is 5.33. The van der Waals surface area contributed by atoms with Crippen LogP contribution in [0.25, 0.3) is 5.65 Å². The molecule has 0 spiro atoms. The number of benzene rings is 1. The number of pyridine rings is 1. The van der Waals surface area contributed by atoms with Crippen molar-refractivity contribution in [1.82, 2.24) is 19.2 Å².